The third-order valence-corrected chi connectivity index (χ3v) is 4.35. The Hall–Kier alpha value is -2.51. The number of hydrogen-bond donors (Lipinski definition) is 1. The van der Waals surface area contributed by atoms with Crippen LogP contribution in [0.15, 0.2) is 59.8 Å². The van der Waals surface area contributed by atoms with E-state index in [1.165, 1.54) is 0 Å². The first-order valence-electron chi connectivity index (χ1n) is 6.69. The molecule has 0 saturated carbocycles. The number of carbonyl (C=O) groups is 2. The molecule has 1 N–H and O–H groups in total. The molecule has 114 valence electrons. The van der Waals surface area contributed by atoms with Gasteiger partial charge < -0.3 is 0 Å². The molecule has 0 atom stereocenters. The third-order valence-electron chi connectivity index (χ3n) is 3.05. The van der Waals surface area contributed by atoms with Crippen LogP contribution in [0.2, 0.25) is 0 Å². The highest BCUT2D eigenvalue weighted by Crippen LogP contribution is 2.31. The van der Waals surface area contributed by atoms with Gasteiger partial charge in [-0.1, -0.05) is 30.0 Å². The van der Waals surface area contributed by atoms with E-state index in [-0.39, 0.29) is 11.8 Å². The minimum absolute atomic E-state index is 0.291. The molecule has 0 bridgehead atoms. The summed E-state index contributed by atoms with van der Waals surface area (Å²) in [5.41, 5.74) is 3.84. The number of aromatic nitrogens is 1. The number of nitrogens with zero attached hydrogens (tertiary/aromatic N) is 2. The van der Waals surface area contributed by atoms with Crippen molar-refractivity contribution in [3.05, 3.63) is 70.9 Å². The Labute approximate surface area is 142 Å². The molecule has 1 fully saturated rings. The van der Waals surface area contributed by atoms with Crippen LogP contribution in [0.4, 0.5) is 0 Å². The summed E-state index contributed by atoms with van der Waals surface area (Å²) in [6, 6.07) is 12.2. The lowest BCUT2D eigenvalue weighted by Gasteiger charge is -2.15. The third kappa shape index (κ3) is 3.46. The van der Waals surface area contributed by atoms with Crippen molar-refractivity contribution in [2.24, 2.45) is 0 Å². The van der Waals surface area contributed by atoms with E-state index in [1.54, 1.807) is 54.9 Å². The Morgan fingerprint density at radius 1 is 1.17 bits per heavy atom. The maximum Gasteiger partial charge on any atom is 0.285 e. The molecule has 0 aliphatic carbocycles. The summed E-state index contributed by atoms with van der Waals surface area (Å²) in [6.07, 6.45) is 5.00. The number of nitrogens with one attached hydrogen (secondary N) is 1. The number of rotatable bonds is 3. The van der Waals surface area contributed by atoms with Crippen LogP contribution in [0.25, 0.3) is 6.08 Å². The molecule has 1 aliphatic heterocycles. The molecule has 1 aromatic carbocycles. The molecule has 2 aromatic rings. The van der Waals surface area contributed by atoms with Crippen LogP contribution in [-0.2, 0) is 4.79 Å². The van der Waals surface area contributed by atoms with E-state index in [1.807, 2.05) is 6.07 Å². The SMILES string of the molecule is O=C(NN1C(=O)C(=Cc2ccncc2)SC1=S)c1ccccc1. The molecular weight excluding hydrogens is 330 g/mol. The molecular formula is C16H11N3O2S2. The van der Waals surface area contributed by atoms with Gasteiger partial charge >= 0.3 is 0 Å². The van der Waals surface area contributed by atoms with Crippen LogP contribution in [0.1, 0.15) is 15.9 Å². The molecule has 0 spiro atoms. The number of carbonyl (C=O) groups excluding carboxylic acids is 2. The van der Waals surface area contributed by atoms with Crippen LogP contribution in [-0.4, -0.2) is 26.1 Å². The van der Waals surface area contributed by atoms with Gasteiger partial charge in [-0.3, -0.25) is 20.0 Å². The fraction of sp³-hybridized carbons (Fsp3) is 0. The normalized spacial score (nSPS) is 16.0. The van der Waals surface area contributed by atoms with Gasteiger partial charge in [-0.2, -0.15) is 5.01 Å². The maximum atomic E-state index is 12.4. The molecule has 23 heavy (non-hydrogen) atoms. The predicted octanol–water partition coefficient (Wildman–Crippen LogP) is 2.63. The van der Waals surface area contributed by atoms with Gasteiger partial charge in [0.2, 0.25) is 0 Å². The van der Waals surface area contributed by atoms with Crippen molar-refractivity contribution in [3.8, 4) is 0 Å². The average Bonchev–Trinajstić information content (AvgIpc) is 2.84. The van der Waals surface area contributed by atoms with Gasteiger partial charge in [0.1, 0.15) is 0 Å². The first-order chi connectivity index (χ1) is 11.1. The molecule has 1 aromatic heterocycles. The van der Waals surface area contributed by atoms with Gasteiger partial charge in [0.25, 0.3) is 11.8 Å². The summed E-state index contributed by atoms with van der Waals surface area (Å²) in [5.74, 6) is -0.729. The number of benzene rings is 1. The summed E-state index contributed by atoms with van der Waals surface area (Å²) in [6.45, 7) is 0. The fourth-order valence-electron chi connectivity index (χ4n) is 1.93. The van der Waals surface area contributed by atoms with Gasteiger partial charge in [-0.05, 0) is 48.1 Å². The van der Waals surface area contributed by atoms with Crippen molar-refractivity contribution < 1.29 is 9.59 Å². The van der Waals surface area contributed by atoms with Crippen LogP contribution >= 0.6 is 24.0 Å². The van der Waals surface area contributed by atoms with E-state index in [0.717, 1.165) is 22.3 Å². The molecule has 3 rings (SSSR count). The zero-order valence-electron chi connectivity index (χ0n) is 11.8. The molecule has 1 aliphatic rings. The molecule has 0 radical (unpaired) electrons. The smallest absolute Gasteiger partial charge is 0.267 e. The van der Waals surface area contributed by atoms with E-state index in [2.05, 4.69) is 10.4 Å². The second-order valence-electron chi connectivity index (χ2n) is 4.60. The van der Waals surface area contributed by atoms with E-state index >= 15 is 0 Å². The van der Waals surface area contributed by atoms with Gasteiger partial charge in [0, 0.05) is 18.0 Å². The van der Waals surface area contributed by atoms with Crippen LogP contribution < -0.4 is 5.43 Å². The second kappa shape index (κ2) is 6.72. The van der Waals surface area contributed by atoms with Crippen LogP contribution in [0, 0.1) is 0 Å². The van der Waals surface area contributed by atoms with Crippen molar-refractivity contribution in [2.45, 2.75) is 0 Å². The van der Waals surface area contributed by atoms with Crippen molar-refractivity contribution in [3.63, 3.8) is 0 Å². The fourth-order valence-corrected chi connectivity index (χ4v) is 3.11. The lowest BCUT2D eigenvalue weighted by atomic mass is 10.2. The van der Waals surface area contributed by atoms with Crippen molar-refractivity contribution in [1.82, 2.24) is 15.4 Å². The van der Waals surface area contributed by atoms with Crippen LogP contribution in [0.5, 0.6) is 0 Å². The summed E-state index contributed by atoms with van der Waals surface area (Å²) in [7, 11) is 0. The van der Waals surface area contributed by atoms with Gasteiger partial charge in [0.05, 0.1) is 4.91 Å². The number of thiocarbonyl (C=S) groups is 1. The number of thioether (sulfide) groups is 1. The first kappa shape index (κ1) is 15.4. The lowest BCUT2D eigenvalue weighted by molar-refractivity contribution is -0.123. The Morgan fingerprint density at radius 3 is 2.57 bits per heavy atom. The highest BCUT2D eigenvalue weighted by Gasteiger charge is 2.33. The minimum Gasteiger partial charge on any atom is -0.267 e. The Bertz CT molecular complexity index is 791. The number of pyridine rings is 1. The second-order valence-corrected chi connectivity index (χ2v) is 6.28. The number of hydrazine groups is 1. The van der Waals surface area contributed by atoms with Gasteiger partial charge in [0.15, 0.2) is 4.32 Å². The van der Waals surface area contributed by atoms with Crippen molar-refractivity contribution >= 4 is 46.2 Å². The molecule has 2 heterocycles. The monoisotopic (exact) mass is 341 g/mol. The minimum atomic E-state index is -0.382. The molecule has 5 nitrogen and oxygen atoms in total. The molecule has 0 unspecified atom stereocenters. The van der Waals surface area contributed by atoms with Gasteiger partial charge in [-0.25, -0.2) is 0 Å². The van der Waals surface area contributed by atoms with E-state index in [0.29, 0.717) is 14.8 Å². The van der Waals surface area contributed by atoms with Crippen LogP contribution in [0.3, 0.4) is 0 Å². The van der Waals surface area contributed by atoms with E-state index in [9.17, 15) is 9.59 Å². The highest BCUT2D eigenvalue weighted by molar-refractivity contribution is 8.26. The predicted molar refractivity (Wildman–Crippen MR) is 93.2 cm³/mol. The maximum absolute atomic E-state index is 12.4. The Morgan fingerprint density at radius 2 is 1.87 bits per heavy atom. The van der Waals surface area contributed by atoms with Gasteiger partial charge in [-0.15, -0.1) is 0 Å². The Balaban J connectivity index is 1.77. The average molecular weight is 341 g/mol. The van der Waals surface area contributed by atoms with Crippen molar-refractivity contribution in [1.29, 1.82) is 0 Å². The largest absolute Gasteiger partial charge is 0.285 e. The quantitative estimate of drug-likeness (QED) is 0.687. The molecule has 7 heteroatoms. The standard InChI is InChI=1S/C16H11N3O2S2/c20-14(12-4-2-1-3-5-12)18-19-15(21)13(23-16(19)22)10-11-6-8-17-9-7-11/h1-10H,(H,18,20). The molecule has 2 amide bonds. The lowest BCUT2D eigenvalue weighted by Crippen LogP contribution is -2.44. The molecule has 1 saturated heterocycles. The Kier molecular flexibility index (Phi) is 4.50. The zero-order chi connectivity index (χ0) is 16.2. The zero-order valence-corrected chi connectivity index (χ0v) is 13.4. The summed E-state index contributed by atoms with van der Waals surface area (Å²) in [4.78, 5) is 28.9. The summed E-state index contributed by atoms with van der Waals surface area (Å²) in [5, 5.41) is 1.10. The van der Waals surface area contributed by atoms with Crippen molar-refractivity contribution in [2.75, 3.05) is 0 Å². The first-order valence-corrected chi connectivity index (χ1v) is 7.91. The number of amides is 2. The summed E-state index contributed by atoms with van der Waals surface area (Å²) >= 11 is 6.33. The van der Waals surface area contributed by atoms with E-state index in [4.69, 9.17) is 12.2 Å². The van der Waals surface area contributed by atoms with E-state index < -0.39 is 0 Å². The highest BCUT2D eigenvalue weighted by atomic mass is 32.2. The number of hydrogen-bond acceptors (Lipinski definition) is 5. The topological polar surface area (TPSA) is 62.3 Å². The summed E-state index contributed by atoms with van der Waals surface area (Å²) < 4.78 is 0.291.